The number of carbonyl (C=O) groups excluding carboxylic acids is 3. The summed E-state index contributed by atoms with van der Waals surface area (Å²) in [6.07, 6.45) is 0.762. The second-order valence-electron chi connectivity index (χ2n) is 12.9. The van der Waals surface area contributed by atoms with Gasteiger partial charge >= 0.3 is 6.18 Å². The molecule has 0 bridgehead atoms. The Hall–Kier alpha value is -4.15. The highest BCUT2D eigenvalue weighted by Crippen LogP contribution is 2.44. The number of rotatable bonds is 9. The summed E-state index contributed by atoms with van der Waals surface area (Å²) in [5, 5.41) is 10.1. The highest BCUT2D eigenvalue weighted by Gasteiger charge is 2.37. The molecule has 1 unspecified atom stereocenters. The number of fused-ring (bicyclic) bond motifs is 3. The summed E-state index contributed by atoms with van der Waals surface area (Å²) >= 11 is 7.37. The predicted molar refractivity (Wildman–Crippen MR) is 199 cm³/mol. The van der Waals surface area contributed by atoms with Gasteiger partial charge in [0.05, 0.1) is 11.6 Å². The molecule has 53 heavy (non-hydrogen) atoms. The number of H-pyrrole nitrogens is 1. The number of nitrogens with two attached hydrogens (primary N) is 2. The van der Waals surface area contributed by atoms with Crippen LogP contribution in [0.1, 0.15) is 54.4 Å². The molecule has 0 radical (unpaired) electrons. The third-order valence-corrected chi connectivity index (χ3v) is 10.9. The predicted octanol–water partition coefficient (Wildman–Crippen LogP) is 4.90. The van der Waals surface area contributed by atoms with E-state index in [9.17, 15) is 27.6 Å². The van der Waals surface area contributed by atoms with E-state index < -0.39 is 47.6 Å². The van der Waals surface area contributed by atoms with Crippen LogP contribution in [-0.2, 0) is 40.1 Å². The highest BCUT2D eigenvalue weighted by atomic mass is 35.5. The standard InChI is InChI=1S/C37H44ClF3N8O3S/c1-49-31(18-23-20-45-28-10-3-2-9-24(23)28)34(51)47-21-25-27(38)14-13-26(37(39,40)41)32(25)53-35-22(8-7-17-44-35)19-46-29(12-6-16-43)33(50)48-30(36(49)52)11-4-5-15-42/h2-3,7-10,13-14,17,20,29-31,45-46H,4-6,11-12,15-16,18-19,21,42-43H2,1H3,(H,47,51)(H,48,50)/t29-,30?,31-/m0/s1. The SMILES string of the molecule is CN1C(=O)C(CCCCN)NC(=O)[C@H](CCCN)NCc2cccnc2Sc2c(C(F)(F)F)ccc(Cl)c2CNC(=O)[C@@H]1Cc1c[nH]c2ccccc12. The number of amides is 3. The van der Waals surface area contributed by atoms with Gasteiger partial charge in [-0.1, -0.05) is 47.6 Å². The molecule has 284 valence electrons. The van der Waals surface area contributed by atoms with Crippen molar-refractivity contribution in [1.29, 1.82) is 0 Å². The number of pyridine rings is 1. The molecule has 4 aromatic rings. The number of para-hydroxylation sites is 1. The highest BCUT2D eigenvalue weighted by molar-refractivity contribution is 7.99. The molecular formula is C37H44ClF3N8O3S. The third-order valence-electron chi connectivity index (χ3n) is 9.32. The molecule has 3 amide bonds. The lowest BCUT2D eigenvalue weighted by Crippen LogP contribution is -2.57. The Morgan fingerprint density at radius 3 is 2.45 bits per heavy atom. The third kappa shape index (κ3) is 9.89. The van der Waals surface area contributed by atoms with Gasteiger partial charge in [0.25, 0.3) is 0 Å². The molecule has 2 aromatic heterocycles. The van der Waals surface area contributed by atoms with Crippen molar-refractivity contribution in [2.75, 3.05) is 20.1 Å². The Balaban J connectivity index is 1.62. The van der Waals surface area contributed by atoms with Gasteiger partial charge in [-0.2, -0.15) is 13.2 Å². The first-order valence-electron chi connectivity index (χ1n) is 17.5. The van der Waals surface area contributed by atoms with Gasteiger partial charge in [-0.15, -0.1) is 0 Å². The lowest BCUT2D eigenvalue weighted by atomic mass is 10.0. The second kappa shape index (κ2) is 18.3. The number of unbranched alkanes of at least 4 members (excludes halogenated alkanes) is 1. The minimum atomic E-state index is -4.76. The Morgan fingerprint density at radius 1 is 0.943 bits per heavy atom. The van der Waals surface area contributed by atoms with E-state index >= 15 is 0 Å². The number of benzene rings is 2. The summed E-state index contributed by atoms with van der Waals surface area (Å²) < 4.78 is 43.7. The molecule has 0 aliphatic carbocycles. The fourth-order valence-corrected chi connectivity index (χ4v) is 7.82. The number of aromatic nitrogens is 2. The normalized spacial score (nSPS) is 19.3. The van der Waals surface area contributed by atoms with Crippen molar-refractivity contribution in [1.82, 2.24) is 30.8 Å². The van der Waals surface area contributed by atoms with Gasteiger partial charge in [-0.25, -0.2) is 4.98 Å². The van der Waals surface area contributed by atoms with Gasteiger partial charge in [0.2, 0.25) is 17.7 Å². The van der Waals surface area contributed by atoms with E-state index in [-0.39, 0.29) is 46.4 Å². The summed E-state index contributed by atoms with van der Waals surface area (Å²) in [5.41, 5.74) is 12.8. The molecular weight excluding hydrogens is 729 g/mol. The minimum absolute atomic E-state index is 0.0172. The molecule has 0 fully saturated rings. The van der Waals surface area contributed by atoms with Crippen LogP contribution in [0.25, 0.3) is 10.9 Å². The zero-order chi connectivity index (χ0) is 38.1. The first kappa shape index (κ1) is 40.0. The summed E-state index contributed by atoms with van der Waals surface area (Å²) in [7, 11) is 1.49. The molecule has 1 aliphatic heterocycles. The number of alkyl halides is 3. The molecule has 0 spiro atoms. The van der Waals surface area contributed by atoms with Gasteiger partial charge in [-0.3, -0.25) is 14.4 Å². The Labute approximate surface area is 315 Å². The molecule has 11 nitrogen and oxygen atoms in total. The number of hydrogen-bond acceptors (Lipinski definition) is 8. The molecule has 16 heteroatoms. The summed E-state index contributed by atoms with van der Waals surface area (Å²) in [5.74, 6) is -1.57. The average Bonchev–Trinajstić information content (AvgIpc) is 3.55. The Bertz CT molecular complexity index is 1910. The van der Waals surface area contributed by atoms with Crippen LogP contribution in [0.4, 0.5) is 13.2 Å². The van der Waals surface area contributed by atoms with Crippen LogP contribution in [0.5, 0.6) is 0 Å². The first-order chi connectivity index (χ1) is 25.4. The molecule has 3 atom stereocenters. The van der Waals surface area contributed by atoms with Crippen LogP contribution in [0.2, 0.25) is 5.02 Å². The van der Waals surface area contributed by atoms with Crippen molar-refractivity contribution in [2.24, 2.45) is 11.5 Å². The minimum Gasteiger partial charge on any atom is -0.361 e. The van der Waals surface area contributed by atoms with Gasteiger partial charge in [0.1, 0.15) is 17.1 Å². The van der Waals surface area contributed by atoms with Crippen LogP contribution in [0.15, 0.2) is 70.8 Å². The number of aromatic amines is 1. The molecule has 0 saturated heterocycles. The van der Waals surface area contributed by atoms with E-state index in [1.54, 1.807) is 18.3 Å². The first-order valence-corrected chi connectivity index (χ1v) is 18.7. The van der Waals surface area contributed by atoms with Crippen molar-refractivity contribution < 1.29 is 27.6 Å². The molecule has 8 N–H and O–H groups in total. The van der Waals surface area contributed by atoms with Crippen molar-refractivity contribution in [3.63, 3.8) is 0 Å². The zero-order valence-corrected chi connectivity index (χ0v) is 30.8. The van der Waals surface area contributed by atoms with Crippen molar-refractivity contribution in [2.45, 2.75) is 85.8 Å². The lowest BCUT2D eigenvalue weighted by molar-refractivity contribution is -0.142. The summed E-state index contributed by atoms with van der Waals surface area (Å²) in [6.45, 7) is 0.408. The molecule has 3 heterocycles. The number of halogens is 4. The van der Waals surface area contributed by atoms with E-state index in [4.69, 9.17) is 23.1 Å². The van der Waals surface area contributed by atoms with Gasteiger partial charge in [-0.05, 0) is 80.6 Å². The number of likely N-dealkylation sites (N-methyl/N-ethyl adjacent to an activating group) is 1. The maximum Gasteiger partial charge on any atom is 0.417 e. The van der Waals surface area contributed by atoms with Crippen molar-refractivity contribution in [3.05, 3.63) is 88.2 Å². The molecule has 5 rings (SSSR count). The fraction of sp³-hybridized carbons (Fsp3) is 0.405. The van der Waals surface area contributed by atoms with Gasteiger partial charge < -0.3 is 37.3 Å². The van der Waals surface area contributed by atoms with E-state index in [0.29, 0.717) is 44.3 Å². The number of nitrogens with zero attached hydrogens (tertiary/aromatic N) is 2. The number of nitrogens with one attached hydrogen (secondary N) is 4. The maximum atomic E-state index is 14.6. The van der Waals surface area contributed by atoms with Gasteiger partial charge in [0, 0.05) is 65.3 Å². The number of carbonyl (C=O) groups is 3. The van der Waals surface area contributed by atoms with E-state index in [0.717, 1.165) is 40.4 Å². The van der Waals surface area contributed by atoms with Crippen molar-refractivity contribution in [3.8, 4) is 0 Å². The maximum absolute atomic E-state index is 14.6. The number of hydrogen-bond donors (Lipinski definition) is 6. The van der Waals surface area contributed by atoms with E-state index in [2.05, 4.69) is 25.9 Å². The van der Waals surface area contributed by atoms with Crippen LogP contribution in [0.3, 0.4) is 0 Å². The van der Waals surface area contributed by atoms with E-state index in [1.807, 2.05) is 24.3 Å². The second-order valence-corrected chi connectivity index (χ2v) is 14.3. The quantitative estimate of drug-likeness (QED) is 0.131. The lowest BCUT2D eigenvalue weighted by Gasteiger charge is -2.32. The van der Waals surface area contributed by atoms with Crippen LogP contribution < -0.4 is 27.4 Å². The molecule has 1 aliphatic rings. The van der Waals surface area contributed by atoms with Crippen molar-refractivity contribution >= 4 is 52.0 Å². The average molecular weight is 773 g/mol. The summed E-state index contributed by atoms with van der Waals surface area (Å²) in [4.78, 5) is 51.2. The summed E-state index contributed by atoms with van der Waals surface area (Å²) in [6, 6.07) is 9.99. The molecule has 2 aromatic carbocycles. The smallest absolute Gasteiger partial charge is 0.361 e. The molecule has 0 saturated carbocycles. The Kier molecular flexibility index (Phi) is 13.8. The fourth-order valence-electron chi connectivity index (χ4n) is 6.37. The topological polar surface area (TPSA) is 171 Å². The Morgan fingerprint density at radius 2 is 1.70 bits per heavy atom. The zero-order valence-electron chi connectivity index (χ0n) is 29.3. The van der Waals surface area contributed by atoms with Crippen LogP contribution in [0, 0.1) is 0 Å². The van der Waals surface area contributed by atoms with Crippen LogP contribution >= 0.6 is 23.4 Å². The van der Waals surface area contributed by atoms with Crippen LogP contribution in [-0.4, -0.2) is 70.9 Å². The largest absolute Gasteiger partial charge is 0.417 e. The van der Waals surface area contributed by atoms with Gasteiger partial charge in [0.15, 0.2) is 0 Å². The van der Waals surface area contributed by atoms with E-state index in [1.165, 1.54) is 18.1 Å². The monoisotopic (exact) mass is 772 g/mol.